The Balaban J connectivity index is 2.24. The second-order valence-corrected chi connectivity index (χ2v) is 4.17. The molecule has 0 saturated carbocycles. The molecule has 0 radical (unpaired) electrons. The van der Waals surface area contributed by atoms with Crippen molar-refractivity contribution < 1.29 is 0 Å². The molecule has 0 aliphatic heterocycles. The highest BCUT2D eigenvalue weighted by Gasteiger charge is 2.01. The molecule has 68 valence electrons. The zero-order valence-corrected chi connectivity index (χ0v) is 8.78. The van der Waals surface area contributed by atoms with Crippen LogP contribution in [0, 0.1) is 4.77 Å². The van der Waals surface area contributed by atoms with Crippen molar-refractivity contribution >= 4 is 23.6 Å². The van der Waals surface area contributed by atoms with E-state index in [4.69, 9.17) is 12.2 Å². The summed E-state index contributed by atoms with van der Waals surface area (Å²) in [5.41, 5.74) is 0. The summed E-state index contributed by atoms with van der Waals surface area (Å²) < 4.78 is 2.35. The molecule has 0 atom stereocenters. The Bertz CT molecular complexity index is 438. The highest BCUT2D eigenvalue weighted by atomic mass is 32.1. The quantitative estimate of drug-likeness (QED) is 0.772. The molecule has 0 bridgehead atoms. The third-order valence-electron chi connectivity index (χ3n) is 1.74. The zero-order valence-electron chi connectivity index (χ0n) is 7.15. The molecule has 0 fully saturated rings. The maximum atomic E-state index is 4.99. The van der Waals surface area contributed by atoms with E-state index in [0.29, 0.717) is 4.77 Å². The van der Waals surface area contributed by atoms with Gasteiger partial charge in [-0.2, -0.15) is 0 Å². The summed E-state index contributed by atoms with van der Waals surface area (Å²) in [5, 5.41) is 5.15. The standard InChI is InChI=1S/C8H9N3S2/c1-11-8(12)9-7(10-11)5-6-3-2-4-13-6/h2-4H,5H2,1H3,(H,9,10,12). The van der Waals surface area contributed by atoms with E-state index in [1.165, 1.54) is 4.88 Å². The molecule has 0 aromatic carbocycles. The Kier molecular flexibility index (Phi) is 2.28. The summed E-state index contributed by atoms with van der Waals surface area (Å²) in [6, 6.07) is 4.13. The summed E-state index contributed by atoms with van der Waals surface area (Å²) in [6.07, 6.45) is 0.835. The number of nitrogens with zero attached hydrogens (tertiary/aromatic N) is 2. The van der Waals surface area contributed by atoms with Crippen LogP contribution in [0.4, 0.5) is 0 Å². The molecule has 3 nitrogen and oxygen atoms in total. The predicted molar refractivity (Wildman–Crippen MR) is 55.5 cm³/mol. The van der Waals surface area contributed by atoms with Crippen LogP contribution in [-0.4, -0.2) is 14.8 Å². The molecular formula is C8H9N3S2. The molecule has 1 N–H and O–H groups in total. The Labute approximate surface area is 85.0 Å². The molecule has 0 amide bonds. The topological polar surface area (TPSA) is 33.6 Å². The SMILES string of the molecule is Cn1[nH]c(Cc2cccs2)nc1=S. The van der Waals surface area contributed by atoms with E-state index in [9.17, 15) is 0 Å². The third-order valence-corrected chi connectivity index (χ3v) is 2.98. The summed E-state index contributed by atoms with van der Waals surface area (Å²) in [7, 11) is 1.87. The molecule has 0 aliphatic rings. The minimum Gasteiger partial charge on any atom is -0.283 e. The summed E-state index contributed by atoms with van der Waals surface area (Å²) >= 11 is 6.72. The highest BCUT2D eigenvalue weighted by Crippen LogP contribution is 2.11. The van der Waals surface area contributed by atoms with Crippen molar-refractivity contribution in [1.82, 2.24) is 14.8 Å². The van der Waals surface area contributed by atoms with Crippen LogP contribution in [0.3, 0.4) is 0 Å². The molecule has 2 rings (SSSR count). The Morgan fingerprint density at radius 3 is 3.08 bits per heavy atom. The van der Waals surface area contributed by atoms with Crippen molar-refractivity contribution in [3.8, 4) is 0 Å². The Morgan fingerprint density at radius 2 is 2.54 bits per heavy atom. The fourth-order valence-corrected chi connectivity index (χ4v) is 1.98. The van der Waals surface area contributed by atoms with Gasteiger partial charge in [0, 0.05) is 18.3 Å². The van der Waals surface area contributed by atoms with Gasteiger partial charge in [0.15, 0.2) is 0 Å². The lowest BCUT2D eigenvalue weighted by atomic mass is 10.3. The maximum Gasteiger partial charge on any atom is 0.215 e. The van der Waals surface area contributed by atoms with Gasteiger partial charge in [-0.05, 0) is 23.7 Å². The molecule has 0 aliphatic carbocycles. The molecule has 13 heavy (non-hydrogen) atoms. The van der Waals surface area contributed by atoms with E-state index < -0.39 is 0 Å². The molecule has 0 saturated heterocycles. The average molecular weight is 211 g/mol. The second-order valence-electron chi connectivity index (χ2n) is 2.77. The number of hydrogen-bond acceptors (Lipinski definition) is 3. The maximum absolute atomic E-state index is 4.99. The van der Waals surface area contributed by atoms with Crippen LogP contribution in [0.5, 0.6) is 0 Å². The first-order valence-corrected chi connectivity index (χ1v) is 5.19. The van der Waals surface area contributed by atoms with Crippen LogP contribution in [0.25, 0.3) is 0 Å². The minimum atomic E-state index is 0.603. The first kappa shape index (κ1) is 8.65. The van der Waals surface area contributed by atoms with Gasteiger partial charge in [-0.3, -0.25) is 9.78 Å². The van der Waals surface area contributed by atoms with E-state index in [1.807, 2.05) is 13.1 Å². The van der Waals surface area contributed by atoms with Gasteiger partial charge in [-0.25, -0.2) is 4.98 Å². The fourth-order valence-electron chi connectivity index (χ4n) is 1.11. The van der Waals surface area contributed by atoms with Gasteiger partial charge in [0.25, 0.3) is 0 Å². The van der Waals surface area contributed by atoms with Crippen LogP contribution in [0.15, 0.2) is 17.5 Å². The van der Waals surface area contributed by atoms with E-state index >= 15 is 0 Å². The van der Waals surface area contributed by atoms with Crippen LogP contribution in [0.2, 0.25) is 0 Å². The monoisotopic (exact) mass is 211 g/mol. The average Bonchev–Trinajstić information content (AvgIpc) is 2.64. The number of H-pyrrole nitrogens is 1. The van der Waals surface area contributed by atoms with Gasteiger partial charge >= 0.3 is 0 Å². The Hall–Kier alpha value is -0.940. The van der Waals surface area contributed by atoms with Gasteiger partial charge in [-0.1, -0.05) is 6.07 Å². The Morgan fingerprint density at radius 1 is 1.69 bits per heavy atom. The molecule has 5 heteroatoms. The number of aromatic nitrogens is 3. The summed E-state index contributed by atoms with van der Waals surface area (Å²) in [6.45, 7) is 0. The molecule has 0 spiro atoms. The van der Waals surface area contributed by atoms with Crippen LogP contribution < -0.4 is 0 Å². The summed E-state index contributed by atoms with van der Waals surface area (Å²) in [5.74, 6) is 0.926. The van der Waals surface area contributed by atoms with E-state index in [1.54, 1.807) is 16.0 Å². The molecule has 2 aromatic heterocycles. The van der Waals surface area contributed by atoms with Crippen molar-refractivity contribution in [3.63, 3.8) is 0 Å². The van der Waals surface area contributed by atoms with Crippen molar-refractivity contribution in [3.05, 3.63) is 33.0 Å². The van der Waals surface area contributed by atoms with Crippen molar-refractivity contribution in [2.75, 3.05) is 0 Å². The van der Waals surface area contributed by atoms with Gasteiger partial charge in [0.2, 0.25) is 4.77 Å². The van der Waals surface area contributed by atoms with Gasteiger partial charge in [0.1, 0.15) is 5.82 Å². The first-order chi connectivity index (χ1) is 6.25. The van der Waals surface area contributed by atoms with Gasteiger partial charge in [0.05, 0.1) is 0 Å². The number of hydrogen-bond donors (Lipinski definition) is 1. The molecular weight excluding hydrogens is 202 g/mol. The lowest BCUT2D eigenvalue weighted by Crippen LogP contribution is -1.92. The summed E-state index contributed by atoms with van der Waals surface area (Å²) in [4.78, 5) is 5.51. The molecule has 0 unspecified atom stereocenters. The number of rotatable bonds is 2. The lowest BCUT2D eigenvalue weighted by Gasteiger charge is -1.91. The van der Waals surface area contributed by atoms with E-state index in [2.05, 4.69) is 21.5 Å². The third kappa shape index (κ3) is 1.87. The molecule has 2 heterocycles. The van der Waals surface area contributed by atoms with Gasteiger partial charge in [-0.15, -0.1) is 11.3 Å². The van der Waals surface area contributed by atoms with Crippen LogP contribution in [0.1, 0.15) is 10.7 Å². The minimum absolute atomic E-state index is 0.603. The van der Waals surface area contributed by atoms with E-state index in [0.717, 1.165) is 12.2 Å². The zero-order chi connectivity index (χ0) is 9.26. The van der Waals surface area contributed by atoms with Crippen molar-refractivity contribution in [2.45, 2.75) is 6.42 Å². The van der Waals surface area contributed by atoms with Crippen LogP contribution >= 0.6 is 23.6 Å². The van der Waals surface area contributed by atoms with Crippen molar-refractivity contribution in [2.24, 2.45) is 7.05 Å². The first-order valence-electron chi connectivity index (χ1n) is 3.90. The number of aryl methyl sites for hydroxylation is 1. The smallest absolute Gasteiger partial charge is 0.215 e. The number of nitrogens with one attached hydrogen (secondary N) is 1. The fraction of sp³-hybridized carbons (Fsp3) is 0.250. The van der Waals surface area contributed by atoms with Crippen LogP contribution in [-0.2, 0) is 13.5 Å². The normalized spacial score (nSPS) is 10.5. The van der Waals surface area contributed by atoms with E-state index in [-0.39, 0.29) is 0 Å². The number of aromatic amines is 1. The number of thiophene rings is 1. The largest absolute Gasteiger partial charge is 0.283 e. The molecule has 2 aromatic rings. The second kappa shape index (κ2) is 3.43. The predicted octanol–water partition coefficient (Wildman–Crippen LogP) is 2.13. The lowest BCUT2D eigenvalue weighted by molar-refractivity contribution is 0.740. The van der Waals surface area contributed by atoms with Gasteiger partial charge < -0.3 is 0 Å². The highest BCUT2D eigenvalue weighted by molar-refractivity contribution is 7.71. The van der Waals surface area contributed by atoms with Crippen molar-refractivity contribution in [1.29, 1.82) is 0 Å².